The molecule has 0 saturated heterocycles. The van der Waals surface area contributed by atoms with Gasteiger partial charge in [-0.25, -0.2) is 4.98 Å². The van der Waals surface area contributed by atoms with Crippen molar-refractivity contribution in [1.29, 1.82) is 0 Å². The van der Waals surface area contributed by atoms with Crippen LogP contribution < -0.4 is 5.73 Å². The molecule has 0 amide bonds. The molecule has 0 fully saturated rings. The number of nitrogens with two attached hydrogens (primary N) is 1. The van der Waals surface area contributed by atoms with Gasteiger partial charge in [-0.1, -0.05) is 20.8 Å². The molecular formula is C10H18N2S. The van der Waals surface area contributed by atoms with Gasteiger partial charge < -0.3 is 5.73 Å². The third-order valence-corrected chi connectivity index (χ3v) is 3.48. The number of aryl methyl sites for hydroxylation is 1. The highest BCUT2D eigenvalue weighted by Crippen LogP contribution is 2.30. The molecule has 0 spiro atoms. The molecule has 1 unspecified atom stereocenters. The van der Waals surface area contributed by atoms with E-state index in [1.165, 1.54) is 0 Å². The number of rotatable bonds is 3. The molecule has 0 aliphatic heterocycles. The zero-order chi connectivity index (χ0) is 10.1. The molecule has 13 heavy (non-hydrogen) atoms. The Morgan fingerprint density at radius 1 is 1.62 bits per heavy atom. The summed E-state index contributed by atoms with van der Waals surface area (Å²) >= 11 is 1.67. The van der Waals surface area contributed by atoms with E-state index in [0.29, 0.717) is 5.92 Å². The van der Waals surface area contributed by atoms with Crippen LogP contribution in [-0.4, -0.2) is 4.98 Å². The van der Waals surface area contributed by atoms with Crippen LogP contribution >= 0.6 is 11.3 Å². The van der Waals surface area contributed by atoms with Crippen molar-refractivity contribution in [2.75, 3.05) is 0 Å². The van der Waals surface area contributed by atoms with E-state index in [0.717, 1.165) is 17.1 Å². The minimum absolute atomic E-state index is 0.245. The molecule has 1 aromatic rings. The van der Waals surface area contributed by atoms with Gasteiger partial charge in [0.05, 0.1) is 16.2 Å². The molecule has 0 aliphatic rings. The first-order valence-electron chi connectivity index (χ1n) is 4.72. The topological polar surface area (TPSA) is 38.9 Å². The molecule has 0 aliphatic carbocycles. The van der Waals surface area contributed by atoms with E-state index in [1.807, 2.05) is 6.92 Å². The summed E-state index contributed by atoms with van der Waals surface area (Å²) in [5.41, 5.74) is 7.12. The minimum Gasteiger partial charge on any atom is -0.320 e. The predicted molar refractivity (Wildman–Crippen MR) is 57.8 cm³/mol. The summed E-state index contributed by atoms with van der Waals surface area (Å²) in [6.45, 7) is 8.44. The van der Waals surface area contributed by atoms with Gasteiger partial charge in [-0.05, 0) is 19.3 Å². The Labute approximate surface area is 84.2 Å². The van der Waals surface area contributed by atoms with Crippen molar-refractivity contribution in [3.63, 3.8) is 0 Å². The van der Waals surface area contributed by atoms with Gasteiger partial charge in [-0.2, -0.15) is 0 Å². The van der Waals surface area contributed by atoms with Crippen LogP contribution in [0.4, 0.5) is 0 Å². The number of aromatic nitrogens is 1. The van der Waals surface area contributed by atoms with E-state index < -0.39 is 0 Å². The van der Waals surface area contributed by atoms with Crippen LogP contribution in [0, 0.1) is 12.8 Å². The summed E-state index contributed by atoms with van der Waals surface area (Å²) in [5, 5.41) is 3.18. The summed E-state index contributed by atoms with van der Waals surface area (Å²) in [4.78, 5) is 4.47. The highest BCUT2D eigenvalue weighted by Gasteiger charge is 2.31. The second kappa shape index (κ2) is 3.76. The third kappa shape index (κ3) is 1.92. The minimum atomic E-state index is -0.245. The van der Waals surface area contributed by atoms with Crippen LogP contribution in [-0.2, 0) is 5.54 Å². The van der Waals surface area contributed by atoms with Gasteiger partial charge >= 0.3 is 0 Å². The van der Waals surface area contributed by atoms with Crippen molar-refractivity contribution in [3.8, 4) is 0 Å². The number of nitrogens with zero attached hydrogens (tertiary/aromatic N) is 1. The van der Waals surface area contributed by atoms with Crippen LogP contribution in [0.25, 0.3) is 0 Å². The van der Waals surface area contributed by atoms with E-state index >= 15 is 0 Å². The highest BCUT2D eigenvalue weighted by atomic mass is 32.1. The van der Waals surface area contributed by atoms with Crippen LogP contribution in [0.5, 0.6) is 0 Å². The predicted octanol–water partition coefficient (Wildman–Crippen LogP) is 2.67. The van der Waals surface area contributed by atoms with Gasteiger partial charge in [0.25, 0.3) is 0 Å². The molecule has 2 nitrogen and oxygen atoms in total. The van der Waals surface area contributed by atoms with Crippen molar-refractivity contribution >= 4 is 11.3 Å². The molecule has 1 heterocycles. The highest BCUT2D eigenvalue weighted by molar-refractivity contribution is 7.09. The fourth-order valence-corrected chi connectivity index (χ4v) is 2.17. The van der Waals surface area contributed by atoms with E-state index in [2.05, 4.69) is 31.1 Å². The lowest BCUT2D eigenvalue weighted by Crippen LogP contribution is -2.41. The van der Waals surface area contributed by atoms with E-state index in [-0.39, 0.29) is 5.54 Å². The molecule has 3 heteroatoms. The second-order valence-electron chi connectivity index (χ2n) is 3.80. The Balaban J connectivity index is 3.02. The summed E-state index contributed by atoms with van der Waals surface area (Å²) in [6, 6.07) is 0. The Hall–Kier alpha value is -0.410. The van der Waals surface area contributed by atoms with Crippen molar-refractivity contribution in [2.24, 2.45) is 11.7 Å². The SMILES string of the molecule is CCC(N)(c1csc(C)n1)C(C)C. The maximum atomic E-state index is 6.32. The van der Waals surface area contributed by atoms with Crippen LogP contribution in [0.15, 0.2) is 5.38 Å². The van der Waals surface area contributed by atoms with Gasteiger partial charge in [-0.15, -0.1) is 11.3 Å². The number of hydrogen-bond donors (Lipinski definition) is 1. The Kier molecular flexibility index (Phi) is 3.09. The van der Waals surface area contributed by atoms with Gasteiger partial charge in [0.2, 0.25) is 0 Å². The Bertz CT molecular complexity index is 280. The smallest absolute Gasteiger partial charge is 0.0898 e. The normalized spacial score (nSPS) is 16.2. The first-order valence-corrected chi connectivity index (χ1v) is 5.60. The summed E-state index contributed by atoms with van der Waals surface area (Å²) in [6.07, 6.45) is 0.938. The van der Waals surface area contributed by atoms with Crippen LogP contribution in [0.3, 0.4) is 0 Å². The van der Waals surface area contributed by atoms with Crippen LogP contribution in [0.1, 0.15) is 37.9 Å². The lowest BCUT2D eigenvalue weighted by molar-refractivity contribution is 0.298. The molecule has 0 aromatic carbocycles. The van der Waals surface area contributed by atoms with E-state index in [9.17, 15) is 0 Å². The van der Waals surface area contributed by atoms with E-state index in [4.69, 9.17) is 5.73 Å². The fourth-order valence-electron chi connectivity index (χ4n) is 1.46. The van der Waals surface area contributed by atoms with Gasteiger partial charge in [-0.3, -0.25) is 0 Å². The maximum absolute atomic E-state index is 6.32. The zero-order valence-corrected chi connectivity index (χ0v) is 9.61. The lowest BCUT2D eigenvalue weighted by Gasteiger charge is -2.30. The van der Waals surface area contributed by atoms with Crippen molar-refractivity contribution in [1.82, 2.24) is 4.98 Å². The lowest BCUT2D eigenvalue weighted by atomic mass is 9.82. The summed E-state index contributed by atoms with van der Waals surface area (Å²) in [5.74, 6) is 0.430. The monoisotopic (exact) mass is 198 g/mol. The van der Waals surface area contributed by atoms with Crippen molar-refractivity contribution < 1.29 is 0 Å². The van der Waals surface area contributed by atoms with Gasteiger partial charge in [0, 0.05) is 5.38 Å². The number of thiazole rings is 1. The first kappa shape index (κ1) is 10.7. The average Bonchev–Trinajstić information content (AvgIpc) is 2.50. The van der Waals surface area contributed by atoms with Crippen molar-refractivity contribution in [3.05, 3.63) is 16.1 Å². The molecule has 2 N–H and O–H groups in total. The van der Waals surface area contributed by atoms with E-state index in [1.54, 1.807) is 11.3 Å². The maximum Gasteiger partial charge on any atom is 0.0898 e. The zero-order valence-electron chi connectivity index (χ0n) is 8.79. The molecule has 0 saturated carbocycles. The molecule has 0 bridgehead atoms. The Morgan fingerprint density at radius 3 is 2.54 bits per heavy atom. The molecule has 74 valence electrons. The molecule has 1 atom stereocenters. The summed E-state index contributed by atoms with van der Waals surface area (Å²) in [7, 11) is 0. The quantitative estimate of drug-likeness (QED) is 0.811. The average molecular weight is 198 g/mol. The van der Waals surface area contributed by atoms with Crippen LogP contribution in [0.2, 0.25) is 0 Å². The molecular weight excluding hydrogens is 180 g/mol. The molecule has 1 aromatic heterocycles. The Morgan fingerprint density at radius 2 is 2.23 bits per heavy atom. The third-order valence-electron chi connectivity index (χ3n) is 2.71. The molecule has 0 radical (unpaired) electrons. The molecule has 1 rings (SSSR count). The number of hydrogen-bond acceptors (Lipinski definition) is 3. The standard InChI is InChI=1S/C10H18N2S/c1-5-10(11,7(2)3)9-6-13-8(4)12-9/h6-7H,5,11H2,1-4H3. The fraction of sp³-hybridized carbons (Fsp3) is 0.700. The van der Waals surface area contributed by atoms with Gasteiger partial charge in [0.15, 0.2) is 0 Å². The van der Waals surface area contributed by atoms with Gasteiger partial charge in [0.1, 0.15) is 0 Å². The van der Waals surface area contributed by atoms with Crippen molar-refractivity contribution in [2.45, 2.75) is 39.7 Å². The summed E-state index contributed by atoms with van der Waals surface area (Å²) < 4.78 is 0. The first-order chi connectivity index (χ1) is 6.00. The largest absolute Gasteiger partial charge is 0.320 e. The second-order valence-corrected chi connectivity index (χ2v) is 4.86.